The van der Waals surface area contributed by atoms with Crippen LogP contribution >= 0.6 is 0 Å². The molecule has 1 amide bonds. The number of rotatable bonds is 3. The molecule has 2 aliphatic rings. The molecule has 3 unspecified atom stereocenters. The molecule has 6 heteroatoms. The van der Waals surface area contributed by atoms with Crippen LogP contribution in [0.4, 0.5) is 0 Å². The second-order valence-electron chi connectivity index (χ2n) is 5.58. The molecule has 0 aromatic carbocycles. The maximum Gasteiger partial charge on any atom is 0.320 e. The van der Waals surface area contributed by atoms with E-state index in [0.29, 0.717) is 26.2 Å². The molecule has 0 bridgehead atoms. The lowest BCUT2D eigenvalue weighted by molar-refractivity contribution is -0.144. The number of carboxylic acids is 1. The largest absolute Gasteiger partial charge is 0.480 e. The predicted molar refractivity (Wildman–Crippen MR) is 70.6 cm³/mol. The zero-order valence-electron chi connectivity index (χ0n) is 11.4. The smallest absolute Gasteiger partial charge is 0.320 e. The van der Waals surface area contributed by atoms with Crippen molar-refractivity contribution in [2.24, 2.45) is 11.7 Å². The molecular formula is C13H23N3O3. The van der Waals surface area contributed by atoms with Gasteiger partial charge in [-0.1, -0.05) is 6.42 Å². The first-order valence-electron chi connectivity index (χ1n) is 7.02. The third-order valence-corrected chi connectivity index (χ3v) is 4.42. The summed E-state index contributed by atoms with van der Waals surface area (Å²) in [6.45, 7) is 4.16. The Bertz CT molecular complexity index is 353. The fourth-order valence-corrected chi connectivity index (χ4v) is 3.02. The van der Waals surface area contributed by atoms with Crippen LogP contribution in [0.3, 0.4) is 0 Å². The van der Waals surface area contributed by atoms with Crippen molar-refractivity contribution < 1.29 is 14.7 Å². The van der Waals surface area contributed by atoms with Crippen molar-refractivity contribution in [3.63, 3.8) is 0 Å². The number of nitrogens with zero attached hydrogens (tertiary/aromatic N) is 2. The summed E-state index contributed by atoms with van der Waals surface area (Å²) in [5, 5.41) is 8.98. The fraction of sp³-hybridized carbons (Fsp3) is 0.846. The molecule has 1 aliphatic carbocycles. The molecule has 2 fully saturated rings. The van der Waals surface area contributed by atoms with Gasteiger partial charge in [-0.25, -0.2) is 0 Å². The lowest BCUT2D eigenvalue weighted by Crippen LogP contribution is -2.55. The predicted octanol–water partition coefficient (Wildman–Crippen LogP) is -0.269. The van der Waals surface area contributed by atoms with Crippen LogP contribution in [0.15, 0.2) is 0 Å². The minimum atomic E-state index is -0.808. The van der Waals surface area contributed by atoms with E-state index in [1.54, 1.807) is 6.92 Å². The Kier molecular flexibility index (Phi) is 4.42. The summed E-state index contributed by atoms with van der Waals surface area (Å²) in [4.78, 5) is 27.0. The van der Waals surface area contributed by atoms with E-state index < -0.39 is 12.0 Å². The summed E-state index contributed by atoms with van der Waals surface area (Å²) < 4.78 is 0. The normalized spacial score (nSPS) is 30.3. The highest BCUT2D eigenvalue weighted by Gasteiger charge is 2.35. The number of carboxylic acid groups (broad SMARTS) is 1. The van der Waals surface area contributed by atoms with Crippen LogP contribution in [0.1, 0.15) is 26.2 Å². The van der Waals surface area contributed by atoms with Gasteiger partial charge in [-0.15, -0.1) is 0 Å². The van der Waals surface area contributed by atoms with E-state index in [4.69, 9.17) is 10.8 Å². The monoisotopic (exact) mass is 269 g/mol. The zero-order chi connectivity index (χ0) is 14.0. The van der Waals surface area contributed by atoms with E-state index in [9.17, 15) is 9.59 Å². The lowest BCUT2D eigenvalue weighted by atomic mass is 10.0. The summed E-state index contributed by atoms with van der Waals surface area (Å²) >= 11 is 0. The van der Waals surface area contributed by atoms with E-state index in [2.05, 4.69) is 0 Å². The number of amides is 1. The summed E-state index contributed by atoms with van der Waals surface area (Å²) in [6, 6.07) is -0.477. The molecule has 3 N–H and O–H groups in total. The third kappa shape index (κ3) is 3.06. The van der Waals surface area contributed by atoms with Gasteiger partial charge < -0.3 is 15.7 Å². The van der Waals surface area contributed by atoms with Crippen LogP contribution in [0.5, 0.6) is 0 Å². The SMILES string of the molecule is CC(C(=O)O)N1CCN(C(=O)C2CCCC2N)CC1. The van der Waals surface area contributed by atoms with Gasteiger partial charge in [0, 0.05) is 32.2 Å². The minimum absolute atomic E-state index is 0.00322. The molecule has 0 aromatic heterocycles. The van der Waals surface area contributed by atoms with Crippen LogP contribution in [-0.4, -0.2) is 65.0 Å². The van der Waals surface area contributed by atoms with Crippen LogP contribution in [0, 0.1) is 5.92 Å². The van der Waals surface area contributed by atoms with Crippen molar-refractivity contribution >= 4 is 11.9 Å². The van der Waals surface area contributed by atoms with Gasteiger partial charge in [0.05, 0.1) is 5.92 Å². The highest BCUT2D eigenvalue weighted by atomic mass is 16.4. The van der Waals surface area contributed by atoms with Crippen LogP contribution in [0.2, 0.25) is 0 Å². The Morgan fingerprint density at radius 3 is 2.32 bits per heavy atom. The minimum Gasteiger partial charge on any atom is -0.480 e. The van der Waals surface area contributed by atoms with Crippen LogP contribution in [-0.2, 0) is 9.59 Å². The second kappa shape index (κ2) is 5.88. The molecule has 6 nitrogen and oxygen atoms in total. The van der Waals surface area contributed by atoms with Crippen molar-refractivity contribution in [2.75, 3.05) is 26.2 Å². The van der Waals surface area contributed by atoms with Crippen molar-refractivity contribution in [1.29, 1.82) is 0 Å². The third-order valence-electron chi connectivity index (χ3n) is 4.42. The van der Waals surface area contributed by atoms with E-state index >= 15 is 0 Å². The highest BCUT2D eigenvalue weighted by Crippen LogP contribution is 2.26. The van der Waals surface area contributed by atoms with Gasteiger partial charge in [-0.3, -0.25) is 14.5 Å². The Morgan fingerprint density at radius 1 is 1.21 bits per heavy atom. The number of carbonyl (C=O) groups excluding carboxylic acids is 1. The van der Waals surface area contributed by atoms with E-state index in [1.807, 2.05) is 9.80 Å². The molecule has 108 valence electrons. The number of aliphatic carboxylic acids is 1. The molecule has 2 rings (SSSR count). The van der Waals surface area contributed by atoms with Gasteiger partial charge in [-0.2, -0.15) is 0 Å². The molecule has 3 atom stereocenters. The number of nitrogens with two attached hydrogens (primary N) is 1. The molecule has 1 heterocycles. The Balaban J connectivity index is 1.86. The first-order valence-corrected chi connectivity index (χ1v) is 7.02. The van der Waals surface area contributed by atoms with E-state index in [-0.39, 0.29) is 17.9 Å². The molecule has 1 saturated heterocycles. The zero-order valence-corrected chi connectivity index (χ0v) is 11.4. The standard InChI is InChI=1S/C13H23N3O3/c1-9(13(18)19)15-5-7-16(8-6-15)12(17)10-3-2-4-11(10)14/h9-11H,2-8,14H2,1H3,(H,18,19). The molecule has 0 radical (unpaired) electrons. The van der Waals surface area contributed by atoms with Crippen molar-refractivity contribution in [2.45, 2.75) is 38.3 Å². The number of hydrogen-bond acceptors (Lipinski definition) is 4. The summed E-state index contributed by atoms with van der Waals surface area (Å²) in [6.07, 6.45) is 2.87. The fourth-order valence-electron chi connectivity index (χ4n) is 3.02. The molecule has 0 aromatic rings. The second-order valence-corrected chi connectivity index (χ2v) is 5.58. The molecule has 1 saturated carbocycles. The van der Waals surface area contributed by atoms with Crippen LogP contribution in [0.25, 0.3) is 0 Å². The van der Waals surface area contributed by atoms with Crippen molar-refractivity contribution in [3.8, 4) is 0 Å². The Hall–Kier alpha value is -1.14. The van der Waals surface area contributed by atoms with E-state index in [1.165, 1.54) is 0 Å². The molecule has 0 spiro atoms. The maximum absolute atomic E-state index is 12.3. The quantitative estimate of drug-likeness (QED) is 0.736. The van der Waals surface area contributed by atoms with Gasteiger partial charge in [0.2, 0.25) is 5.91 Å². The lowest BCUT2D eigenvalue weighted by Gasteiger charge is -2.38. The van der Waals surface area contributed by atoms with Crippen molar-refractivity contribution in [3.05, 3.63) is 0 Å². The summed E-state index contributed by atoms with van der Waals surface area (Å²) in [7, 11) is 0. The number of hydrogen-bond donors (Lipinski definition) is 2. The molecular weight excluding hydrogens is 246 g/mol. The first kappa shape index (κ1) is 14.3. The molecule has 19 heavy (non-hydrogen) atoms. The van der Waals surface area contributed by atoms with Gasteiger partial charge in [-0.05, 0) is 19.8 Å². The first-order chi connectivity index (χ1) is 9.00. The van der Waals surface area contributed by atoms with Gasteiger partial charge in [0.25, 0.3) is 0 Å². The van der Waals surface area contributed by atoms with Gasteiger partial charge in [0.1, 0.15) is 6.04 Å². The van der Waals surface area contributed by atoms with Crippen LogP contribution < -0.4 is 5.73 Å². The average Bonchev–Trinajstić information content (AvgIpc) is 2.83. The van der Waals surface area contributed by atoms with Gasteiger partial charge in [0.15, 0.2) is 0 Å². The topological polar surface area (TPSA) is 86.9 Å². The van der Waals surface area contributed by atoms with E-state index in [0.717, 1.165) is 19.3 Å². The summed E-state index contributed by atoms with van der Waals surface area (Å²) in [5.74, 6) is -0.673. The highest BCUT2D eigenvalue weighted by molar-refractivity contribution is 5.80. The average molecular weight is 269 g/mol. The summed E-state index contributed by atoms with van der Waals surface area (Å²) in [5.41, 5.74) is 5.97. The Morgan fingerprint density at radius 2 is 1.84 bits per heavy atom. The maximum atomic E-state index is 12.3. The number of piperazine rings is 1. The van der Waals surface area contributed by atoms with Gasteiger partial charge >= 0.3 is 5.97 Å². The number of carbonyl (C=O) groups is 2. The molecule has 1 aliphatic heterocycles. The van der Waals surface area contributed by atoms with Crippen molar-refractivity contribution in [1.82, 2.24) is 9.80 Å². The Labute approximate surface area is 113 Å².